The molecule has 100 valence electrons. The second kappa shape index (κ2) is 5.75. The topological polar surface area (TPSA) is 15.3 Å². The first-order valence-electron chi connectivity index (χ1n) is 7.16. The monoisotopic (exact) mass is 246 g/mol. The van der Waals surface area contributed by atoms with Crippen molar-refractivity contribution in [3.8, 4) is 0 Å². The molecule has 0 amide bonds. The fourth-order valence-electron chi connectivity index (χ4n) is 2.80. The number of anilines is 1. The Morgan fingerprint density at radius 1 is 1.22 bits per heavy atom. The van der Waals surface area contributed by atoms with Gasteiger partial charge in [-0.1, -0.05) is 38.5 Å². The molecule has 0 radical (unpaired) electrons. The van der Waals surface area contributed by atoms with E-state index in [9.17, 15) is 0 Å². The van der Waals surface area contributed by atoms with Crippen LogP contribution in [0.1, 0.15) is 38.7 Å². The highest BCUT2D eigenvalue weighted by Gasteiger charge is 2.28. The summed E-state index contributed by atoms with van der Waals surface area (Å²) < 4.78 is 0. The minimum absolute atomic E-state index is 0.564. The van der Waals surface area contributed by atoms with Crippen molar-refractivity contribution in [2.75, 3.05) is 25.0 Å². The van der Waals surface area contributed by atoms with Gasteiger partial charge in [0.05, 0.1) is 0 Å². The van der Waals surface area contributed by atoms with E-state index in [4.69, 9.17) is 0 Å². The lowest BCUT2D eigenvalue weighted by molar-refractivity contribution is 0.238. The van der Waals surface area contributed by atoms with E-state index in [1.165, 1.54) is 43.6 Å². The zero-order valence-electron chi connectivity index (χ0n) is 12.0. The Kier molecular flexibility index (Phi) is 4.28. The zero-order chi connectivity index (χ0) is 13.0. The van der Waals surface area contributed by atoms with Gasteiger partial charge in [0.25, 0.3) is 0 Å². The third kappa shape index (κ3) is 2.86. The van der Waals surface area contributed by atoms with Crippen molar-refractivity contribution in [3.63, 3.8) is 0 Å². The van der Waals surface area contributed by atoms with Crippen LogP contribution in [-0.4, -0.2) is 20.1 Å². The molecule has 1 fully saturated rings. The highest BCUT2D eigenvalue weighted by molar-refractivity contribution is 5.54. The molecule has 2 nitrogen and oxygen atoms in total. The van der Waals surface area contributed by atoms with E-state index in [-0.39, 0.29) is 0 Å². The van der Waals surface area contributed by atoms with Crippen LogP contribution in [0.4, 0.5) is 5.69 Å². The van der Waals surface area contributed by atoms with Crippen molar-refractivity contribution in [3.05, 3.63) is 29.8 Å². The Morgan fingerprint density at radius 3 is 2.50 bits per heavy atom. The van der Waals surface area contributed by atoms with Crippen LogP contribution in [0, 0.1) is 5.41 Å². The van der Waals surface area contributed by atoms with Gasteiger partial charge in [0, 0.05) is 25.3 Å². The molecule has 1 aliphatic heterocycles. The maximum Gasteiger partial charge on any atom is 0.0411 e. The first-order valence-corrected chi connectivity index (χ1v) is 7.16. The number of nitrogens with one attached hydrogen (secondary N) is 1. The third-order valence-corrected chi connectivity index (χ3v) is 4.52. The van der Waals surface area contributed by atoms with Gasteiger partial charge in [0.2, 0.25) is 0 Å². The molecule has 2 heteroatoms. The number of benzene rings is 1. The molecule has 0 aliphatic carbocycles. The number of hydrogen-bond donors (Lipinski definition) is 1. The van der Waals surface area contributed by atoms with E-state index in [0.717, 1.165) is 6.54 Å². The lowest BCUT2D eigenvalue weighted by Crippen LogP contribution is -2.39. The van der Waals surface area contributed by atoms with Gasteiger partial charge < -0.3 is 10.2 Å². The smallest absolute Gasteiger partial charge is 0.0411 e. The molecule has 1 aliphatic rings. The highest BCUT2D eigenvalue weighted by atomic mass is 15.1. The minimum atomic E-state index is 0.564. The summed E-state index contributed by atoms with van der Waals surface area (Å²) in [4.78, 5) is 2.56. The predicted molar refractivity (Wildman–Crippen MR) is 79.1 cm³/mol. The molecule has 1 heterocycles. The fourth-order valence-corrected chi connectivity index (χ4v) is 2.80. The van der Waals surface area contributed by atoms with Crippen LogP contribution in [0.3, 0.4) is 0 Å². The van der Waals surface area contributed by atoms with E-state index in [1.54, 1.807) is 0 Å². The van der Waals surface area contributed by atoms with Crippen molar-refractivity contribution >= 4 is 5.69 Å². The average molecular weight is 246 g/mol. The van der Waals surface area contributed by atoms with Gasteiger partial charge in [-0.2, -0.15) is 0 Å². The Morgan fingerprint density at radius 2 is 1.89 bits per heavy atom. The van der Waals surface area contributed by atoms with Crippen LogP contribution in [0.25, 0.3) is 0 Å². The molecule has 0 aromatic heterocycles. The van der Waals surface area contributed by atoms with Crippen LogP contribution in [0.2, 0.25) is 0 Å². The van der Waals surface area contributed by atoms with E-state index in [1.807, 2.05) is 7.05 Å². The summed E-state index contributed by atoms with van der Waals surface area (Å²) >= 11 is 0. The Balaban J connectivity index is 2.09. The van der Waals surface area contributed by atoms with Gasteiger partial charge in [0.15, 0.2) is 0 Å². The second-order valence-corrected chi connectivity index (χ2v) is 5.81. The maximum absolute atomic E-state index is 3.26. The molecule has 1 aromatic carbocycles. The summed E-state index contributed by atoms with van der Waals surface area (Å²) in [6.07, 6.45) is 3.94. The lowest BCUT2D eigenvalue weighted by atomic mass is 9.78. The Labute approximate surface area is 111 Å². The molecule has 0 spiro atoms. The van der Waals surface area contributed by atoms with E-state index < -0.39 is 0 Å². The maximum atomic E-state index is 3.26. The number of hydrogen-bond acceptors (Lipinski definition) is 2. The first kappa shape index (κ1) is 13.4. The van der Waals surface area contributed by atoms with Crippen molar-refractivity contribution in [1.29, 1.82) is 0 Å². The average Bonchev–Trinajstić information content (AvgIpc) is 2.41. The van der Waals surface area contributed by atoms with Gasteiger partial charge in [-0.15, -0.1) is 0 Å². The van der Waals surface area contributed by atoms with Crippen molar-refractivity contribution in [2.24, 2.45) is 5.41 Å². The number of nitrogens with zero attached hydrogens (tertiary/aromatic N) is 1. The summed E-state index contributed by atoms with van der Waals surface area (Å²) in [5.41, 5.74) is 3.40. The summed E-state index contributed by atoms with van der Waals surface area (Å²) in [6.45, 7) is 8.11. The third-order valence-electron chi connectivity index (χ3n) is 4.52. The van der Waals surface area contributed by atoms with Crippen LogP contribution < -0.4 is 10.2 Å². The molecule has 0 atom stereocenters. The summed E-state index contributed by atoms with van der Waals surface area (Å²) in [6, 6.07) is 8.79. The molecular formula is C16H26N2. The zero-order valence-corrected chi connectivity index (χ0v) is 12.0. The number of para-hydroxylation sites is 1. The predicted octanol–water partition coefficient (Wildman–Crippen LogP) is 3.42. The molecule has 0 bridgehead atoms. The standard InChI is InChI=1S/C16H26N2/c1-4-16(2)9-11-18(12-10-16)15-8-6-5-7-14(15)13-17-3/h5-8,17H,4,9-13H2,1-3H3. The molecule has 1 N–H and O–H groups in total. The van der Waals surface area contributed by atoms with Crippen molar-refractivity contribution < 1.29 is 0 Å². The van der Waals surface area contributed by atoms with Gasteiger partial charge in [0.1, 0.15) is 0 Å². The van der Waals surface area contributed by atoms with E-state index in [2.05, 4.69) is 48.3 Å². The van der Waals surface area contributed by atoms with Crippen LogP contribution in [0.15, 0.2) is 24.3 Å². The molecule has 2 rings (SSSR count). The summed E-state index contributed by atoms with van der Waals surface area (Å²) in [5, 5.41) is 3.26. The number of rotatable bonds is 4. The van der Waals surface area contributed by atoms with Crippen LogP contribution in [-0.2, 0) is 6.54 Å². The van der Waals surface area contributed by atoms with Crippen molar-refractivity contribution in [1.82, 2.24) is 5.32 Å². The second-order valence-electron chi connectivity index (χ2n) is 5.81. The van der Waals surface area contributed by atoms with Crippen LogP contribution >= 0.6 is 0 Å². The molecular weight excluding hydrogens is 220 g/mol. The van der Waals surface area contributed by atoms with Gasteiger partial charge in [-0.3, -0.25) is 0 Å². The van der Waals surface area contributed by atoms with E-state index >= 15 is 0 Å². The molecule has 18 heavy (non-hydrogen) atoms. The minimum Gasteiger partial charge on any atom is -0.371 e. The lowest BCUT2D eigenvalue weighted by Gasteiger charge is -2.40. The normalized spacial score (nSPS) is 18.9. The quantitative estimate of drug-likeness (QED) is 0.875. The Bertz CT molecular complexity index is 378. The molecule has 0 saturated carbocycles. The van der Waals surface area contributed by atoms with Crippen LogP contribution in [0.5, 0.6) is 0 Å². The first-order chi connectivity index (χ1) is 8.68. The molecule has 1 aromatic rings. The summed E-state index contributed by atoms with van der Waals surface area (Å²) in [5.74, 6) is 0. The highest BCUT2D eigenvalue weighted by Crippen LogP contribution is 2.36. The largest absolute Gasteiger partial charge is 0.371 e. The Hall–Kier alpha value is -1.02. The van der Waals surface area contributed by atoms with Gasteiger partial charge >= 0.3 is 0 Å². The SMILES string of the molecule is CCC1(C)CCN(c2ccccc2CNC)CC1. The fraction of sp³-hybridized carbons (Fsp3) is 0.625. The van der Waals surface area contributed by atoms with E-state index in [0.29, 0.717) is 5.41 Å². The van der Waals surface area contributed by atoms with Gasteiger partial charge in [-0.05, 0) is 36.9 Å². The molecule has 1 saturated heterocycles. The van der Waals surface area contributed by atoms with Crippen molar-refractivity contribution in [2.45, 2.75) is 39.7 Å². The molecule has 0 unspecified atom stereocenters. The number of piperidine rings is 1. The van der Waals surface area contributed by atoms with Gasteiger partial charge in [-0.25, -0.2) is 0 Å². The summed E-state index contributed by atoms with van der Waals surface area (Å²) in [7, 11) is 2.02.